The summed E-state index contributed by atoms with van der Waals surface area (Å²) in [6.07, 6.45) is 6.41. The van der Waals surface area contributed by atoms with Gasteiger partial charge in [0.05, 0.1) is 12.2 Å². The highest BCUT2D eigenvalue weighted by Gasteiger charge is 2.21. The zero-order valence-electron chi connectivity index (χ0n) is 13.1. The van der Waals surface area contributed by atoms with Gasteiger partial charge in [0, 0.05) is 18.0 Å². The lowest BCUT2D eigenvalue weighted by molar-refractivity contribution is 0.103. The van der Waals surface area contributed by atoms with Gasteiger partial charge in [-0.15, -0.1) is 0 Å². The Morgan fingerprint density at radius 2 is 2.14 bits per heavy atom. The highest BCUT2D eigenvalue weighted by molar-refractivity contribution is 6.11. The van der Waals surface area contributed by atoms with Gasteiger partial charge in [-0.2, -0.15) is 0 Å². The van der Waals surface area contributed by atoms with Crippen LogP contribution in [0.15, 0.2) is 36.7 Å². The van der Waals surface area contributed by atoms with Gasteiger partial charge >= 0.3 is 0 Å². The van der Waals surface area contributed by atoms with E-state index < -0.39 is 0 Å². The molecule has 1 aliphatic rings. The van der Waals surface area contributed by atoms with Crippen LogP contribution < -0.4 is 4.74 Å². The second-order valence-corrected chi connectivity index (χ2v) is 6.09. The average molecular weight is 295 g/mol. The number of ketones is 1. The van der Waals surface area contributed by atoms with Crippen LogP contribution in [0.1, 0.15) is 59.7 Å². The fraction of sp³-hybridized carbons (Fsp3) is 0.368. The molecule has 0 N–H and O–H groups in total. The largest absolute Gasteiger partial charge is 0.493 e. The topological polar surface area (TPSA) is 39.2 Å². The number of fused-ring (bicyclic) bond motifs is 1. The van der Waals surface area contributed by atoms with Crippen LogP contribution in [0.25, 0.3) is 0 Å². The standard InChI is InChI=1S/C19H21NO2/c1-13(2)16-10-14-6-3-4-9-22-19(14)17(11-16)18(21)15-7-5-8-20-12-15/h5,7-8,10-13H,3-4,6,9H2,1-2H3. The van der Waals surface area contributed by atoms with Gasteiger partial charge in [0.1, 0.15) is 5.75 Å². The number of rotatable bonds is 3. The minimum Gasteiger partial charge on any atom is -0.493 e. The molecule has 0 fully saturated rings. The first-order chi connectivity index (χ1) is 10.7. The van der Waals surface area contributed by atoms with E-state index in [1.807, 2.05) is 6.07 Å². The van der Waals surface area contributed by atoms with Crippen molar-refractivity contribution in [1.29, 1.82) is 0 Å². The summed E-state index contributed by atoms with van der Waals surface area (Å²) in [5, 5.41) is 0. The third-order valence-electron chi connectivity index (χ3n) is 4.11. The molecule has 1 aromatic carbocycles. The third-order valence-corrected chi connectivity index (χ3v) is 4.11. The molecule has 3 rings (SSSR count). The van der Waals surface area contributed by atoms with E-state index >= 15 is 0 Å². The number of aromatic nitrogens is 1. The molecule has 1 aliphatic heterocycles. The van der Waals surface area contributed by atoms with Crippen LogP contribution in [0.5, 0.6) is 5.75 Å². The normalized spacial score (nSPS) is 14.1. The fourth-order valence-electron chi connectivity index (χ4n) is 2.82. The number of carbonyl (C=O) groups is 1. The van der Waals surface area contributed by atoms with Crippen LogP contribution in [0, 0.1) is 0 Å². The number of nitrogens with zero attached hydrogens (tertiary/aromatic N) is 1. The van der Waals surface area contributed by atoms with Crippen LogP contribution in [-0.4, -0.2) is 17.4 Å². The van der Waals surface area contributed by atoms with Gasteiger partial charge in [0.15, 0.2) is 5.78 Å². The van der Waals surface area contributed by atoms with Crippen LogP contribution >= 0.6 is 0 Å². The summed E-state index contributed by atoms with van der Waals surface area (Å²) >= 11 is 0. The Bertz CT molecular complexity index is 677. The van der Waals surface area contributed by atoms with Gasteiger partial charge in [-0.25, -0.2) is 0 Å². The Hall–Kier alpha value is -2.16. The van der Waals surface area contributed by atoms with Gasteiger partial charge in [-0.1, -0.05) is 19.9 Å². The SMILES string of the molecule is CC(C)c1cc2c(c(C(=O)c3cccnc3)c1)OCCCC2. The quantitative estimate of drug-likeness (QED) is 0.798. The molecule has 0 radical (unpaired) electrons. The second-order valence-electron chi connectivity index (χ2n) is 6.09. The summed E-state index contributed by atoms with van der Waals surface area (Å²) in [5.41, 5.74) is 3.64. The molecule has 0 spiro atoms. The maximum absolute atomic E-state index is 12.9. The number of hydrogen-bond acceptors (Lipinski definition) is 3. The molecule has 0 atom stereocenters. The molecule has 22 heavy (non-hydrogen) atoms. The lowest BCUT2D eigenvalue weighted by Crippen LogP contribution is -2.09. The van der Waals surface area contributed by atoms with Crippen LogP contribution in [0.2, 0.25) is 0 Å². The van der Waals surface area contributed by atoms with Crippen LogP contribution in [0.3, 0.4) is 0 Å². The predicted octanol–water partition coefficient (Wildman–Crippen LogP) is 4.15. The fourth-order valence-corrected chi connectivity index (χ4v) is 2.82. The third kappa shape index (κ3) is 2.89. The van der Waals surface area contributed by atoms with Crippen LogP contribution in [0.4, 0.5) is 0 Å². The Kier molecular flexibility index (Phi) is 4.23. The minimum absolute atomic E-state index is 0.00579. The van der Waals surface area contributed by atoms with E-state index in [0.717, 1.165) is 30.6 Å². The number of benzene rings is 1. The molecule has 2 aromatic rings. The van der Waals surface area contributed by atoms with Gasteiger partial charge in [0.25, 0.3) is 0 Å². The number of hydrogen-bond donors (Lipinski definition) is 0. The Balaban J connectivity index is 2.12. The highest BCUT2D eigenvalue weighted by Crippen LogP contribution is 2.33. The van der Waals surface area contributed by atoms with Crippen molar-refractivity contribution in [3.05, 3.63) is 58.9 Å². The van der Waals surface area contributed by atoms with E-state index in [1.54, 1.807) is 24.5 Å². The molecule has 0 saturated carbocycles. The first-order valence-corrected chi connectivity index (χ1v) is 7.91. The number of aryl methyl sites for hydroxylation is 1. The highest BCUT2D eigenvalue weighted by atomic mass is 16.5. The monoisotopic (exact) mass is 295 g/mol. The number of pyridine rings is 1. The number of carbonyl (C=O) groups excluding carboxylic acids is 1. The van der Waals surface area contributed by atoms with E-state index in [-0.39, 0.29) is 5.78 Å². The van der Waals surface area contributed by atoms with E-state index in [1.165, 1.54) is 5.56 Å². The molecular weight excluding hydrogens is 274 g/mol. The van der Waals surface area contributed by atoms with Crippen molar-refractivity contribution in [3.8, 4) is 5.75 Å². The molecule has 0 bridgehead atoms. The Morgan fingerprint density at radius 1 is 1.27 bits per heavy atom. The van der Waals surface area contributed by atoms with Gasteiger partial charge < -0.3 is 4.74 Å². The van der Waals surface area contributed by atoms with Crippen LogP contribution in [-0.2, 0) is 6.42 Å². The van der Waals surface area contributed by atoms with E-state index in [9.17, 15) is 4.79 Å². The maximum Gasteiger partial charge on any atom is 0.198 e. The van der Waals surface area contributed by atoms with Gasteiger partial charge in [0.2, 0.25) is 0 Å². The van der Waals surface area contributed by atoms with E-state index in [4.69, 9.17) is 4.74 Å². The molecule has 3 nitrogen and oxygen atoms in total. The summed E-state index contributed by atoms with van der Waals surface area (Å²) in [7, 11) is 0. The second kappa shape index (κ2) is 6.30. The Morgan fingerprint density at radius 3 is 2.86 bits per heavy atom. The molecule has 0 unspecified atom stereocenters. The van der Waals surface area contributed by atoms with Gasteiger partial charge in [-0.05, 0) is 54.5 Å². The lowest BCUT2D eigenvalue weighted by Gasteiger charge is -2.16. The molecule has 2 heterocycles. The molecule has 114 valence electrons. The summed E-state index contributed by atoms with van der Waals surface area (Å²) < 4.78 is 5.92. The summed E-state index contributed by atoms with van der Waals surface area (Å²) in [5.74, 6) is 1.15. The van der Waals surface area contributed by atoms with Crippen molar-refractivity contribution in [1.82, 2.24) is 4.98 Å². The zero-order valence-corrected chi connectivity index (χ0v) is 13.1. The summed E-state index contributed by atoms with van der Waals surface area (Å²) in [6.45, 7) is 4.98. The van der Waals surface area contributed by atoms with Crippen molar-refractivity contribution >= 4 is 5.78 Å². The minimum atomic E-state index is -0.00579. The zero-order chi connectivity index (χ0) is 15.5. The average Bonchev–Trinajstić information content (AvgIpc) is 2.79. The molecular formula is C19H21NO2. The van der Waals surface area contributed by atoms with E-state index in [0.29, 0.717) is 23.7 Å². The molecule has 0 saturated heterocycles. The smallest absolute Gasteiger partial charge is 0.198 e. The predicted molar refractivity (Wildman–Crippen MR) is 86.6 cm³/mol. The first kappa shape index (κ1) is 14.8. The molecule has 3 heteroatoms. The lowest BCUT2D eigenvalue weighted by atomic mass is 9.92. The number of ether oxygens (including phenoxy) is 1. The first-order valence-electron chi connectivity index (χ1n) is 7.91. The van der Waals surface area contributed by atoms with Crippen molar-refractivity contribution in [2.75, 3.05) is 6.61 Å². The summed E-state index contributed by atoms with van der Waals surface area (Å²) in [6, 6.07) is 7.79. The summed E-state index contributed by atoms with van der Waals surface area (Å²) in [4.78, 5) is 16.9. The van der Waals surface area contributed by atoms with Crippen molar-refractivity contribution in [2.24, 2.45) is 0 Å². The molecule has 0 amide bonds. The van der Waals surface area contributed by atoms with Crippen molar-refractivity contribution in [2.45, 2.75) is 39.0 Å². The van der Waals surface area contributed by atoms with Crippen molar-refractivity contribution < 1.29 is 9.53 Å². The molecule has 0 aliphatic carbocycles. The maximum atomic E-state index is 12.9. The Labute approximate surface area is 131 Å². The molecule has 1 aromatic heterocycles. The van der Waals surface area contributed by atoms with Gasteiger partial charge in [-0.3, -0.25) is 9.78 Å². The van der Waals surface area contributed by atoms with Crippen molar-refractivity contribution in [3.63, 3.8) is 0 Å². The van der Waals surface area contributed by atoms with E-state index in [2.05, 4.69) is 24.9 Å².